The van der Waals surface area contributed by atoms with Crippen LogP contribution in [-0.4, -0.2) is 59.5 Å². The first-order chi connectivity index (χ1) is 11.1. The number of hydrogen-bond donors (Lipinski definition) is 3. The van der Waals surface area contributed by atoms with Crippen molar-refractivity contribution in [2.75, 3.05) is 26.2 Å². The summed E-state index contributed by atoms with van der Waals surface area (Å²) in [7, 11) is -2.28. The number of nitrogens with one attached hydrogen (secondary N) is 1. The summed E-state index contributed by atoms with van der Waals surface area (Å²) in [4.78, 5) is 22.1. The molecule has 0 spiro atoms. The van der Waals surface area contributed by atoms with Gasteiger partial charge >= 0.3 is 5.97 Å². The SMILES string of the molecule is CC.CC.CCC.CCC(C(=O)O)N(O)C(=O)CNCP(C)(C)=O. The van der Waals surface area contributed by atoms with Gasteiger partial charge in [0, 0.05) is 6.29 Å². The normalized spacial score (nSPS) is 10.6. The van der Waals surface area contributed by atoms with E-state index in [-0.39, 0.29) is 24.3 Å². The molecule has 0 saturated carbocycles. The average Bonchev–Trinajstić information content (AvgIpc) is 2.51. The molecule has 0 aromatic rings. The number of amides is 1. The van der Waals surface area contributed by atoms with Gasteiger partial charge in [-0.15, -0.1) is 0 Å². The van der Waals surface area contributed by atoms with Crippen LogP contribution in [0.4, 0.5) is 0 Å². The largest absolute Gasteiger partial charge is 0.480 e. The summed E-state index contributed by atoms with van der Waals surface area (Å²) in [5.74, 6) is -2.02. The number of hydroxylamine groups is 2. The smallest absolute Gasteiger partial charge is 0.329 e. The second-order valence-electron chi connectivity index (χ2n) is 4.87. The number of nitrogens with zero attached hydrogens (tertiary/aromatic N) is 1. The van der Waals surface area contributed by atoms with Crippen LogP contribution in [0.5, 0.6) is 0 Å². The Morgan fingerprint density at radius 1 is 1.08 bits per heavy atom. The molecule has 3 N–H and O–H groups in total. The highest BCUT2D eigenvalue weighted by molar-refractivity contribution is 7.62. The van der Waals surface area contributed by atoms with Gasteiger partial charge in [-0.2, -0.15) is 0 Å². The van der Waals surface area contributed by atoms with E-state index in [0.29, 0.717) is 0 Å². The summed E-state index contributed by atoms with van der Waals surface area (Å²) in [6.45, 7) is 16.7. The second-order valence-corrected chi connectivity index (χ2v) is 8.33. The first-order valence-electron chi connectivity index (χ1n) is 8.59. The van der Waals surface area contributed by atoms with Crippen LogP contribution in [0.2, 0.25) is 0 Å². The van der Waals surface area contributed by atoms with Crippen molar-refractivity contribution in [1.82, 2.24) is 10.4 Å². The molecule has 0 aromatic heterocycles. The molecule has 0 aliphatic carbocycles. The van der Waals surface area contributed by atoms with Gasteiger partial charge in [-0.05, 0) is 19.8 Å². The maximum Gasteiger partial charge on any atom is 0.329 e. The zero-order chi connectivity index (χ0) is 20.3. The van der Waals surface area contributed by atoms with E-state index in [1.165, 1.54) is 6.42 Å². The highest BCUT2D eigenvalue weighted by atomic mass is 31.2. The third-order valence-corrected chi connectivity index (χ3v) is 2.98. The molecule has 0 fully saturated rings. The van der Waals surface area contributed by atoms with Gasteiger partial charge in [0.25, 0.3) is 5.91 Å². The van der Waals surface area contributed by atoms with Crippen molar-refractivity contribution in [3.05, 3.63) is 0 Å². The molecule has 0 radical (unpaired) electrons. The van der Waals surface area contributed by atoms with E-state index in [1.54, 1.807) is 20.3 Å². The summed E-state index contributed by atoms with van der Waals surface area (Å²) < 4.78 is 11.3. The van der Waals surface area contributed by atoms with Crippen LogP contribution in [0.25, 0.3) is 0 Å². The predicted molar refractivity (Wildman–Crippen MR) is 101 cm³/mol. The minimum absolute atomic E-state index is 0.109. The summed E-state index contributed by atoms with van der Waals surface area (Å²) in [6.07, 6.45) is 1.52. The molecule has 0 heterocycles. The number of carbonyl (C=O) groups is 2. The van der Waals surface area contributed by atoms with Crippen LogP contribution < -0.4 is 5.32 Å². The quantitative estimate of drug-likeness (QED) is 0.358. The molecular formula is C16H39N2O5P. The molecular weight excluding hydrogens is 331 g/mol. The average molecular weight is 370 g/mol. The number of carboxylic acids is 1. The molecule has 1 atom stereocenters. The molecule has 0 aliphatic rings. The molecule has 148 valence electrons. The lowest BCUT2D eigenvalue weighted by molar-refractivity contribution is -0.185. The zero-order valence-electron chi connectivity index (χ0n) is 16.9. The van der Waals surface area contributed by atoms with E-state index in [1.807, 2.05) is 27.7 Å². The summed E-state index contributed by atoms with van der Waals surface area (Å²) in [5, 5.41) is 20.9. The molecule has 1 amide bonds. The first-order valence-corrected chi connectivity index (χ1v) is 11.4. The Labute approximate surface area is 148 Å². The van der Waals surface area contributed by atoms with Crippen molar-refractivity contribution in [2.45, 2.75) is 67.3 Å². The van der Waals surface area contributed by atoms with Crippen molar-refractivity contribution in [2.24, 2.45) is 0 Å². The Balaban J connectivity index is -0.000000247. The van der Waals surface area contributed by atoms with Crippen LogP contribution in [0.15, 0.2) is 0 Å². The van der Waals surface area contributed by atoms with Crippen LogP contribution in [-0.2, 0) is 14.2 Å². The van der Waals surface area contributed by atoms with Crippen LogP contribution in [0.3, 0.4) is 0 Å². The molecule has 1 unspecified atom stereocenters. The fourth-order valence-electron chi connectivity index (χ4n) is 1.14. The van der Waals surface area contributed by atoms with Gasteiger partial charge in [0.15, 0.2) is 6.04 Å². The topological polar surface area (TPSA) is 107 Å². The van der Waals surface area contributed by atoms with Crippen molar-refractivity contribution in [3.63, 3.8) is 0 Å². The lowest BCUT2D eigenvalue weighted by atomic mass is 10.2. The van der Waals surface area contributed by atoms with E-state index in [2.05, 4.69) is 19.2 Å². The highest BCUT2D eigenvalue weighted by Gasteiger charge is 2.26. The van der Waals surface area contributed by atoms with Gasteiger partial charge in [-0.25, -0.2) is 9.86 Å². The molecule has 7 nitrogen and oxygen atoms in total. The standard InChI is InChI=1S/C9H19N2O5P.C3H8.2C2H6/c1-4-7(9(13)14)11(15)8(12)5-10-6-17(2,3)16;1-3-2;2*1-2/h7,10,15H,4-6H2,1-3H3,(H,13,14);3H2,1-2H3;2*1-2H3. The number of hydrogen-bond acceptors (Lipinski definition) is 5. The maximum atomic E-state index is 11.4. The summed E-state index contributed by atoms with van der Waals surface area (Å²) >= 11 is 0. The monoisotopic (exact) mass is 370 g/mol. The molecule has 0 saturated heterocycles. The summed E-state index contributed by atoms with van der Waals surface area (Å²) in [6, 6.07) is -1.25. The van der Waals surface area contributed by atoms with E-state index in [0.717, 1.165) is 0 Å². The second kappa shape index (κ2) is 20.1. The van der Waals surface area contributed by atoms with Crippen molar-refractivity contribution < 1.29 is 24.5 Å². The van der Waals surface area contributed by atoms with E-state index in [4.69, 9.17) is 5.11 Å². The van der Waals surface area contributed by atoms with Crippen molar-refractivity contribution in [3.8, 4) is 0 Å². The third kappa shape index (κ3) is 21.1. The van der Waals surface area contributed by atoms with Gasteiger partial charge in [-0.1, -0.05) is 54.9 Å². The lowest BCUT2D eigenvalue weighted by Crippen LogP contribution is -2.46. The van der Waals surface area contributed by atoms with Crippen LogP contribution in [0, 0.1) is 0 Å². The molecule has 0 aromatic carbocycles. The highest BCUT2D eigenvalue weighted by Crippen LogP contribution is 2.33. The van der Waals surface area contributed by atoms with E-state index >= 15 is 0 Å². The fourth-order valence-corrected chi connectivity index (χ4v) is 1.79. The number of carboxylic acid groups (broad SMARTS) is 1. The Hall–Kier alpha value is -0.910. The van der Waals surface area contributed by atoms with E-state index < -0.39 is 25.1 Å². The Kier molecular flexibility index (Phi) is 25.9. The Bertz CT molecular complexity index is 345. The fraction of sp³-hybridized carbons (Fsp3) is 0.875. The molecule has 8 heteroatoms. The lowest BCUT2D eigenvalue weighted by Gasteiger charge is -2.21. The van der Waals surface area contributed by atoms with Crippen LogP contribution >= 0.6 is 7.14 Å². The molecule has 0 bridgehead atoms. The third-order valence-electron chi connectivity index (χ3n) is 1.99. The summed E-state index contributed by atoms with van der Waals surface area (Å²) in [5.41, 5.74) is 0. The van der Waals surface area contributed by atoms with Gasteiger partial charge in [0.1, 0.15) is 0 Å². The van der Waals surface area contributed by atoms with Crippen LogP contribution in [0.1, 0.15) is 61.3 Å². The minimum Gasteiger partial charge on any atom is -0.480 e. The predicted octanol–water partition coefficient (Wildman–Crippen LogP) is 3.71. The Morgan fingerprint density at radius 3 is 1.71 bits per heavy atom. The maximum absolute atomic E-state index is 11.4. The van der Waals surface area contributed by atoms with E-state index in [9.17, 15) is 19.4 Å². The number of rotatable bonds is 7. The number of aliphatic carboxylic acids is 1. The zero-order valence-corrected chi connectivity index (χ0v) is 17.8. The van der Waals surface area contributed by atoms with Gasteiger partial charge in [0.2, 0.25) is 0 Å². The van der Waals surface area contributed by atoms with Gasteiger partial charge in [0.05, 0.1) is 13.7 Å². The molecule has 24 heavy (non-hydrogen) atoms. The number of carbonyl (C=O) groups excluding carboxylic acids is 1. The van der Waals surface area contributed by atoms with Crippen molar-refractivity contribution in [1.29, 1.82) is 0 Å². The minimum atomic E-state index is -2.28. The van der Waals surface area contributed by atoms with Crippen molar-refractivity contribution >= 4 is 19.0 Å². The molecule has 0 rings (SSSR count). The Morgan fingerprint density at radius 2 is 1.46 bits per heavy atom. The van der Waals surface area contributed by atoms with Gasteiger partial charge < -0.3 is 15.0 Å². The molecule has 0 aliphatic heterocycles. The van der Waals surface area contributed by atoms with Gasteiger partial charge in [-0.3, -0.25) is 10.0 Å². The first kappa shape index (κ1) is 30.9.